The summed E-state index contributed by atoms with van der Waals surface area (Å²) in [4.78, 5) is 19.9. The number of urea groups is 1. The third kappa shape index (κ3) is 3.27. The van der Waals surface area contributed by atoms with Gasteiger partial charge < -0.3 is 20.6 Å². The number of amides is 2. The van der Waals surface area contributed by atoms with Crippen LogP contribution in [0, 0.1) is 11.6 Å². The van der Waals surface area contributed by atoms with Gasteiger partial charge in [0.25, 0.3) is 0 Å². The number of nitrogens with two attached hydrogens (primary N) is 1. The number of rotatable bonds is 3. The number of aliphatic hydroxyl groups excluding tert-OH is 1. The number of anilines is 1. The Hall–Kier alpha value is -3.27. The van der Waals surface area contributed by atoms with Crippen molar-refractivity contribution in [2.24, 2.45) is 5.73 Å². The maximum Gasteiger partial charge on any atom is 0.315 e. The van der Waals surface area contributed by atoms with Gasteiger partial charge in [0.15, 0.2) is 11.5 Å². The molecule has 3 atom stereocenters. The molecule has 4 heterocycles. The first kappa shape index (κ1) is 19.7. The fraction of sp³-hybridized carbons (Fsp3) is 0.381. The standard InChI is InChI=1S/C21H22F2N6O2/c22-12-4-5-15(23)14(9-12)16-3-1-7-27(16)20-18(19-25-6-2-8-29(19)26-20)17-10-13(30)11-28(17)21(24)31/h2,4-6,8-9,13,16-17,30H,1,3,7,10-11H2,(H2,24,31)/t13?,16-,17?/m1/s1. The number of benzene rings is 1. The first-order valence-corrected chi connectivity index (χ1v) is 10.2. The summed E-state index contributed by atoms with van der Waals surface area (Å²) in [5.74, 6) is -0.439. The molecule has 2 aliphatic rings. The van der Waals surface area contributed by atoms with Crippen molar-refractivity contribution in [2.45, 2.75) is 37.5 Å². The van der Waals surface area contributed by atoms with Crippen molar-refractivity contribution in [2.75, 3.05) is 18.0 Å². The zero-order valence-electron chi connectivity index (χ0n) is 16.7. The van der Waals surface area contributed by atoms with E-state index in [1.54, 1.807) is 23.0 Å². The predicted octanol–water partition coefficient (Wildman–Crippen LogP) is 2.54. The molecule has 0 spiro atoms. The molecule has 2 unspecified atom stereocenters. The Bertz CT molecular complexity index is 1150. The normalized spacial score (nSPS) is 23.8. The molecule has 2 saturated heterocycles. The minimum absolute atomic E-state index is 0.117. The van der Waals surface area contributed by atoms with Crippen LogP contribution < -0.4 is 10.6 Å². The maximum atomic E-state index is 14.6. The maximum absolute atomic E-state index is 14.6. The Morgan fingerprint density at radius 1 is 1.26 bits per heavy atom. The molecule has 8 nitrogen and oxygen atoms in total. The van der Waals surface area contributed by atoms with Crippen LogP contribution in [0.3, 0.4) is 0 Å². The van der Waals surface area contributed by atoms with E-state index < -0.39 is 35.9 Å². The smallest absolute Gasteiger partial charge is 0.315 e. The minimum Gasteiger partial charge on any atom is -0.391 e. The molecule has 162 valence electrons. The van der Waals surface area contributed by atoms with E-state index in [2.05, 4.69) is 10.1 Å². The SMILES string of the molecule is NC(=O)N1CC(O)CC1c1c(N2CCC[C@@H]2c2cc(F)ccc2F)nn2cccnc12. The molecule has 1 aromatic carbocycles. The number of fused-ring (bicyclic) bond motifs is 1. The van der Waals surface area contributed by atoms with E-state index in [9.17, 15) is 18.7 Å². The van der Waals surface area contributed by atoms with Crippen LogP contribution in [0.2, 0.25) is 0 Å². The van der Waals surface area contributed by atoms with E-state index in [0.29, 0.717) is 36.4 Å². The van der Waals surface area contributed by atoms with Crippen LogP contribution in [0.5, 0.6) is 0 Å². The summed E-state index contributed by atoms with van der Waals surface area (Å²) in [6.07, 6.45) is 4.34. The molecular formula is C21H22F2N6O2. The Labute approximate surface area is 176 Å². The number of aromatic nitrogens is 3. The second-order valence-corrected chi connectivity index (χ2v) is 8.04. The van der Waals surface area contributed by atoms with Crippen molar-refractivity contribution < 1.29 is 18.7 Å². The first-order chi connectivity index (χ1) is 14.9. The second-order valence-electron chi connectivity index (χ2n) is 8.04. The molecular weight excluding hydrogens is 406 g/mol. The zero-order chi connectivity index (χ0) is 21.7. The van der Waals surface area contributed by atoms with E-state index >= 15 is 0 Å². The van der Waals surface area contributed by atoms with Crippen molar-refractivity contribution in [3.8, 4) is 0 Å². The summed E-state index contributed by atoms with van der Waals surface area (Å²) in [5, 5.41) is 14.9. The number of halogens is 2. The van der Waals surface area contributed by atoms with Gasteiger partial charge in [0, 0.05) is 37.5 Å². The van der Waals surface area contributed by atoms with Gasteiger partial charge in [-0.3, -0.25) is 0 Å². The van der Waals surface area contributed by atoms with Gasteiger partial charge in [-0.25, -0.2) is 23.1 Å². The van der Waals surface area contributed by atoms with E-state index in [1.165, 1.54) is 11.0 Å². The molecule has 10 heteroatoms. The fourth-order valence-corrected chi connectivity index (χ4v) is 4.85. The van der Waals surface area contributed by atoms with Gasteiger partial charge in [-0.05, 0) is 37.1 Å². The first-order valence-electron chi connectivity index (χ1n) is 10.2. The summed E-state index contributed by atoms with van der Waals surface area (Å²) in [6, 6.07) is 3.62. The summed E-state index contributed by atoms with van der Waals surface area (Å²) in [6.45, 7) is 0.703. The predicted molar refractivity (Wildman–Crippen MR) is 108 cm³/mol. The van der Waals surface area contributed by atoms with Crippen molar-refractivity contribution in [3.05, 3.63) is 59.4 Å². The summed E-state index contributed by atoms with van der Waals surface area (Å²) < 4.78 is 30.1. The van der Waals surface area contributed by atoms with Gasteiger partial charge in [-0.2, -0.15) is 0 Å². The number of carbonyl (C=O) groups excluding carboxylic acids is 1. The Balaban J connectivity index is 1.66. The summed E-state index contributed by atoms with van der Waals surface area (Å²) in [5.41, 5.74) is 7.04. The van der Waals surface area contributed by atoms with Crippen molar-refractivity contribution in [1.29, 1.82) is 0 Å². The summed E-state index contributed by atoms with van der Waals surface area (Å²) >= 11 is 0. The lowest BCUT2D eigenvalue weighted by Crippen LogP contribution is -2.36. The lowest BCUT2D eigenvalue weighted by Gasteiger charge is -2.29. The number of aliphatic hydroxyl groups is 1. The van der Waals surface area contributed by atoms with Crippen LogP contribution in [0.1, 0.15) is 42.5 Å². The van der Waals surface area contributed by atoms with Crippen molar-refractivity contribution in [3.63, 3.8) is 0 Å². The van der Waals surface area contributed by atoms with Crippen LogP contribution in [0.4, 0.5) is 19.4 Å². The molecule has 2 fully saturated rings. The van der Waals surface area contributed by atoms with Gasteiger partial charge >= 0.3 is 6.03 Å². The quantitative estimate of drug-likeness (QED) is 0.668. The molecule has 3 aromatic rings. The highest BCUT2D eigenvalue weighted by atomic mass is 19.1. The molecule has 0 bridgehead atoms. The number of nitrogens with zero attached hydrogens (tertiary/aromatic N) is 5. The van der Waals surface area contributed by atoms with Gasteiger partial charge in [0.05, 0.1) is 23.8 Å². The number of carbonyl (C=O) groups is 1. The molecule has 2 aliphatic heterocycles. The Morgan fingerprint density at radius 2 is 2.10 bits per heavy atom. The van der Waals surface area contributed by atoms with E-state index in [-0.39, 0.29) is 12.1 Å². The molecule has 2 amide bonds. The number of hydrogen-bond acceptors (Lipinski definition) is 5. The highest BCUT2D eigenvalue weighted by Gasteiger charge is 2.41. The average Bonchev–Trinajstić information content (AvgIpc) is 3.45. The average molecular weight is 428 g/mol. The van der Waals surface area contributed by atoms with Crippen LogP contribution in [-0.2, 0) is 0 Å². The monoisotopic (exact) mass is 428 g/mol. The third-order valence-electron chi connectivity index (χ3n) is 6.15. The molecule has 31 heavy (non-hydrogen) atoms. The van der Waals surface area contributed by atoms with E-state index in [4.69, 9.17) is 5.73 Å². The lowest BCUT2D eigenvalue weighted by atomic mass is 10.0. The Morgan fingerprint density at radius 3 is 2.90 bits per heavy atom. The highest BCUT2D eigenvalue weighted by molar-refractivity contribution is 5.75. The van der Waals surface area contributed by atoms with E-state index in [0.717, 1.165) is 18.6 Å². The molecule has 0 aliphatic carbocycles. The molecule has 0 radical (unpaired) electrons. The topological polar surface area (TPSA) is 100.0 Å². The summed E-state index contributed by atoms with van der Waals surface area (Å²) in [7, 11) is 0. The van der Waals surface area contributed by atoms with E-state index in [1.807, 2.05) is 4.90 Å². The lowest BCUT2D eigenvalue weighted by molar-refractivity contribution is 0.174. The van der Waals surface area contributed by atoms with Crippen molar-refractivity contribution >= 4 is 17.5 Å². The van der Waals surface area contributed by atoms with Crippen LogP contribution in [0.25, 0.3) is 5.65 Å². The van der Waals surface area contributed by atoms with Gasteiger partial charge in [-0.15, -0.1) is 5.10 Å². The molecule has 3 N–H and O–H groups in total. The van der Waals surface area contributed by atoms with Gasteiger partial charge in [0.2, 0.25) is 0 Å². The number of hydrogen-bond donors (Lipinski definition) is 2. The number of β-amino-alcohol motifs (C(OH)–C–C–N with tert-alkyl or cyclic N) is 1. The second kappa shape index (κ2) is 7.45. The molecule has 0 saturated carbocycles. The highest BCUT2D eigenvalue weighted by Crippen LogP contribution is 2.44. The zero-order valence-corrected chi connectivity index (χ0v) is 16.7. The van der Waals surface area contributed by atoms with Gasteiger partial charge in [0.1, 0.15) is 11.6 Å². The fourth-order valence-electron chi connectivity index (χ4n) is 4.85. The number of primary amides is 1. The van der Waals surface area contributed by atoms with Gasteiger partial charge in [-0.1, -0.05) is 0 Å². The minimum atomic E-state index is -0.723. The molecule has 5 rings (SSSR count). The van der Waals surface area contributed by atoms with Crippen LogP contribution >= 0.6 is 0 Å². The largest absolute Gasteiger partial charge is 0.391 e. The van der Waals surface area contributed by atoms with Crippen LogP contribution in [-0.4, -0.2) is 49.8 Å². The van der Waals surface area contributed by atoms with Crippen molar-refractivity contribution in [1.82, 2.24) is 19.5 Å². The third-order valence-corrected chi connectivity index (χ3v) is 6.15. The number of likely N-dealkylation sites (tertiary alicyclic amines) is 1. The Kier molecular flexibility index (Phi) is 4.73. The van der Waals surface area contributed by atoms with Crippen LogP contribution in [0.15, 0.2) is 36.7 Å². The molecule has 2 aromatic heterocycles.